The zero-order valence-electron chi connectivity index (χ0n) is 15.4. The number of pyridine rings is 1. The fourth-order valence-electron chi connectivity index (χ4n) is 3.36. The lowest BCUT2D eigenvalue weighted by Crippen LogP contribution is -2.15. The standard InChI is InChI=1S/C22H19N3O3/c1-26-16-4-2-3-14(11-16)19-13-17-18(25-19)7-8-23-22(17)24-15-5-6-20-21(12-15)28-10-9-27-20/h2-8,11-13,25H,9-10H2,1H3,(H,23,24). The summed E-state index contributed by atoms with van der Waals surface area (Å²) in [7, 11) is 1.67. The number of hydrogen-bond donors (Lipinski definition) is 2. The molecule has 1 aliphatic rings. The molecule has 0 aliphatic carbocycles. The molecule has 2 aromatic heterocycles. The molecule has 0 spiro atoms. The molecule has 3 heterocycles. The minimum atomic E-state index is 0.562. The summed E-state index contributed by atoms with van der Waals surface area (Å²) in [4.78, 5) is 7.99. The third-order valence-electron chi connectivity index (χ3n) is 4.73. The number of nitrogens with zero attached hydrogens (tertiary/aromatic N) is 1. The van der Waals surface area contributed by atoms with Crippen LogP contribution in [0.4, 0.5) is 11.5 Å². The highest BCUT2D eigenvalue weighted by molar-refractivity contribution is 5.95. The Kier molecular flexibility index (Phi) is 4.01. The highest BCUT2D eigenvalue weighted by Crippen LogP contribution is 2.35. The molecule has 2 aromatic carbocycles. The van der Waals surface area contributed by atoms with Crippen molar-refractivity contribution in [2.24, 2.45) is 0 Å². The number of aromatic nitrogens is 2. The number of methoxy groups -OCH3 is 1. The van der Waals surface area contributed by atoms with Crippen LogP contribution in [-0.2, 0) is 0 Å². The van der Waals surface area contributed by atoms with Gasteiger partial charge >= 0.3 is 0 Å². The number of aromatic amines is 1. The Bertz CT molecular complexity index is 1150. The van der Waals surface area contributed by atoms with Crippen LogP contribution in [0.25, 0.3) is 22.2 Å². The Morgan fingerprint density at radius 2 is 1.89 bits per heavy atom. The molecule has 2 N–H and O–H groups in total. The fourth-order valence-corrected chi connectivity index (χ4v) is 3.36. The van der Waals surface area contributed by atoms with E-state index in [0.29, 0.717) is 13.2 Å². The molecule has 0 atom stereocenters. The largest absolute Gasteiger partial charge is 0.497 e. The summed E-state index contributed by atoms with van der Waals surface area (Å²) in [5.74, 6) is 3.11. The summed E-state index contributed by atoms with van der Waals surface area (Å²) in [6, 6.07) is 17.8. The Balaban J connectivity index is 1.51. The molecule has 0 amide bonds. The first-order valence-corrected chi connectivity index (χ1v) is 9.09. The summed E-state index contributed by atoms with van der Waals surface area (Å²) in [6.07, 6.45) is 1.79. The number of anilines is 2. The average Bonchev–Trinajstić information content (AvgIpc) is 3.19. The zero-order chi connectivity index (χ0) is 18.9. The quantitative estimate of drug-likeness (QED) is 0.540. The van der Waals surface area contributed by atoms with Crippen LogP contribution in [0.5, 0.6) is 17.2 Å². The molecule has 4 aromatic rings. The average molecular weight is 373 g/mol. The molecule has 28 heavy (non-hydrogen) atoms. The van der Waals surface area contributed by atoms with Crippen molar-refractivity contribution in [1.29, 1.82) is 0 Å². The van der Waals surface area contributed by atoms with Crippen molar-refractivity contribution in [3.63, 3.8) is 0 Å². The topological polar surface area (TPSA) is 68.4 Å². The van der Waals surface area contributed by atoms with E-state index in [1.807, 2.05) is 42.5 Å². The molecule has 1 aliphatic heterocycles. The number of rotatable bonds is 4. The van der Waals surface area contributed by atoms with E-state index in [-0.39, 0.29) is 0 Å². The Labute approximate surface area is 162 Å². The van der Waals surface area contributed by atoms with Crippen LogP contribution >= 0.6 is 0 Å². The van der Waals surface area contributed by atoms with E-state index in [9.17, 15) is 0 Å². The lowest BCUT2D eigenvalue weighted by atomic mass is 10.1. The lowest BCUT2D eigenvalue weighted by Gasteiger charge is -2.19. The molecule has 0 fully saturated rings. The Hall–Kier alpha value is -3.67. The smallest absolute Gasteiger partial charge is 0.163 e. The van der Waals surface area contributed by atoms with Gasteiger partial charge in [0.25, 0.3) is 0 Å². The predicted octanol–water partition coefficient (Wildman–Crippen LogP) is 4.75. The molecule has 0 bridgehead atoms. The second kappa shape index (κ2) is 6.81. The molecule has 0 unspecified atom stereocenters. The van der Waals surface area contributed by atoms with Crippen LogP contribution < -0.4 is 19.5 Å². The number of H-pyrrole nitrogens is 1. The molecular weight excluding hydrogens is 354 g/mol. The monoisotopic (exact) mass is 373 g/mol. The maximum atomic E-state index is 5.67. The van der Waals surface area contributed by atoms with Gasteiger partial charge in [0.05, 0.1) is 12.6 Å². The zero-order valence-corrected chi connectivity index (χ0v) is 15.4. The number of fused-ring (bicyclic) bond motifs is 2. The van der Waals surface area contributed by atoms with Gasteiger partial charge in [0.2, 0.25) is 0 Å². The van der Waals surface area contributed by atoms with Crippen molar-refractivity contribution in [2.75, 3.05) is 25.6 Å². The number of ether oxygens (including phenoxy) is 3. The molecule has 0 saturated heterocycles. The number of hydrogen-bond acceptors (Lipinski definition) is 5. The number of benzene rings is 2. The fraction of sp³-hybridized carbons (Fsp3) is 0.136. The van der Waals surface area contributed by atoms with Gasteiger partial charge in [-0.25, -0.2) is 4.98 Å². The van der Waals surface area contributed by atoms with Gasteiger partial charge in [-0.3, -0.25) is 0 Å². The van der Waals surface area contributed by atoms with E-state index >= 15 is 0 Å². The van der Waals surface area contributed by atoms with Crippen LogP contribution in [0.15, 0.2) is 60.8 Å². The molecule has 5 rings (SSSR count). The maximum Gasteiger partial charge on any atom is 0.163 e. The van der Waals surface area contributed by atoms with E-state index in [1.54, 1.807) is 13.3 Å². The van der Waals surface area contributed by atoms with Crippen molar-refractivity contribution in [3.05, 3.63) is 60.8 Å². The van der Waals surface area contributed by atoms with Gasteiger partial charge in [0.15, 0.2) is 11.5 Å². The van der Waals surface area contributed by atoms with Crippen LogP contribution in [0.2, 0.25) is 0 Å². The van der Waals surface area contributed by atoms with E-state index < -0.39 is 0 Å². The number of nitrogens with one attached hydrogen (secondary N) is 2. The van der Waals surface area contributed by atoms with Crippen LogP contribution in [0.3, 0.4) is 0 Å². The molecule has 0 saturated carbocycles. The minimum absolute atomic E-state index is 0.562. The predicted molar refractivity (Wildman–Crippen MR) is 109 cm³/mol. The third-order valence-corrected chi connectivity index (χ3v) is 4.73. The summed E-state index contributed by atoms with van der Waals surface area (Å²) >= 11 is 0. The van der Waals surface area contributed by atoms with Gasteiger partial charge in [-0.05, 0) is 36.4 Å². The Morgan fingerprint density at radius 3 is 2.79 bits per heavy atom. The van der Waals surface area contributed by atoms with Crippen molar-refractivity contribution in [3.8, 4) is 28.5 Å². The molecule has 6 heteroatoms. The van der Waals surface area contributed by atoms with Gasteiger partial charge in [0.1, 0.15) is 24.8 Å². The summed E-state index contributed by atoms with van der Waals surface area (Å²) in [6.45, 7) is 1.14. The molecule has 0 radical (unpaired) electrons. The lowest BCUT2D eigenvalue weighted by molar-refractivity contribution is 0.171. The van der Waals surface area contributed by atoms with Crippen molar-refractivity contribution >= 4 is 22.4 Å². The van der Waals surface area contributed by atoms with Crippen LogP contribution in [0.1, 0.15) is 0 Å². The molecule has 6 nitrogen and oxygen atoms in total. The first-order valence-electron chi connectivity index (χ1n) is 9.09. The molecular formula is C22H19N3O3. The van der Waals surface area contributed by atoms with Crippen molar-refractivity contribution in [2.45, 2.75) is 0 Å². The first-order chi connectivity index (χ1) is 13.8. The Morgan fingerprint density at radius 1 is 1.00 bits per heavy atom. The van der Waals surface area contributed by atoms with Gasteiger partial charge in [-0.15, -0.1) is 0 Å². The van der Waals surface area contributed by atoms with Gasteiger partial charge in [-0.2, -0.15) is 0 Å². The second-order valence-corrected chi connectivity index (χ2v) is 6.52. The third kappa shape index (κ3) is 2.99. The van der Waals surface area contributed by atoms with Crippen molar-refractivity contribution < 1.29 is 14.2 Å². The normalized spacial score (nSPS) is 12.8. The molecule has 140 valence electrons. The van der Waals surface area contributed by atoms with Crippen LogP contribution in [0, 0.1) is 0 Å². The van der Waals surface area contributed by atoms with Gasteiger partial charge in [-0.1, -0.05) is 12.1 Å². The van der Waals surface area contributed by atoms with Gasteiger partial charge < -0.3 is 24.5 Å². The summed E-state index contributed by atoms with van der Waals surface area (Å²) < 4.78 is 16.6. The van der Waals surface area contributed by atoms with Crippen molar-refractivity contribution in [1.82, 2.24) is 9.97 Å². The van der Waals surface area contributed by atoms with Crippen LogP contribution in [-0.4, -0.2) is 30.3 Å². The summed E-state index contributed by atoms with van der Waals surface area (Å²) in [5.41, 5.74) is 3.97. The first kappa shape index (κ1) is 16.5. The van der Waals surface area contributed by atoms with E-state index in [4.69, 9.17) is 14.2 Å². The summed E-state index contributed by atoms with van der Waals surface area (Å²) in [5, 5.41) is 4.40. The minimum Gasteiger partial charge on any atom is -0.497 e. The second-order valence-electron chi connectivity index (χ2n) is 6.52. The highest BCUT2D eigenvalue weighted by Gasteiger charge is 2.13. The maximum absolute atomic E-state index is 5.67. The van der Waals surface area contributed by atoms with E-state index in [2.05, 4.69) is 27.4 Å². The van der Waals surface area contributed by atoms with Gasteiger partial charge in [0, 0.05) is 34.6 Å². The SMILES string of the molecule is COc1cccc(-c2cc3c(Nc4ccc5c(c4)OCCO5)nccc3[nH]2)c1. The van der Waals surface area contributed by atoms with E-state index in [1.165, 1.54) is 0 Å². The van der Waals surface area contributed by atoms with E-state index in [0.717, 1.165) is 50.9 Å². The highest BCUT2D eigenvalue weighted by atomic mass is 16.6.